The Bertz CT molecular complexity index is 1220. The lowest BCUT2D eigenvalue weighted by atomic mass is 9.80. The fourth-order valence-electron chi connectivity index (χ4n) is 4.84. The molecular formula is C24H27N7. The molecule has 158 valence electrons. The predicted molar refractivity (Wildman–Crippen MR) is 123 cm³/mol. The molecule has 3 aromatic heterocycles. The van der Waals surface area contributed by atoms with E-state index in [1.807, 2.05) is 24.7 Å². The lowest BCUT2D eigenvalue weighted by molar-refractivity contribution is 0.586. The van der Waals surface area contributed by atoms with Crippen LogP contribution in [0, 0.1) is 0 Å². The van der Waals surface area contributed by atoms with Crippen LogP contribution in [0.25, 0.3) is 22.3 Å². The van der Waals surface area contributed by atoms with Crippen LogP contribution in [0.5, 0.6) is 0 Å². The van der Waals surface area contributed by atoms with Gasteiger partial charge in [-0.25, -0.2) is 19.9 Å². The SMILES string of the molecule is CC1=Nc2nccc(-c3nc(N4CCNCC4)c4c(C5CC5)cncc4n3)c2C1(C)C. The molecule has 1 saturated heterocycles. The van der Waals surface area contributed by atoms with Crippen molar-refractivity contribution in [2.45, 2.75) is 44.9 Å². The Hall–Kier alpha value is -2.93. The molecule has 0 aromatic carbocycles. The molecule has 0 atom stereocenters. The summed E-state index contributed by atoms with van der Waals surface area (Å²) in [6.07, 6.45) is 8.20. The van der Waals surface area contributed by atoms with Gasteiger partial charge >= 0.3 is 0 Å². The highest BCUT2D eigenvalue weighted by molar-refractivity contribution is 6.01. The summed E-state index contributed by atoms with van der Waals surface area (Å²) in [5.41, 5.74) is 5.25. The number of piperazine rings is 1. The van der Waals surface area contributed by atoms with Crippen molar-refractivity contribution in [2.75, 3.05) is 31.1 Å². The van der Waals surface area contributed by atoms with Crippen LogP contribution in [0.1, 0.15) is 50.7 Å². The van der Waals surface area contributed by atoms with E-state index in [4.69, 9.17) is 15.0 Å². The third-order valence-corrected chi connectivity index (χ3v) is 7.03. The maximum absolute atomic E-state index is 5.21. The summed E-state index contributed by atoms with van der Waals surface area (Å²) >= 11 is 0. The molecule has 6 rings (SSSR count). The zero-order valence-electron chi connectivity index (χ0n) is 18.3. The topological polar surface area (TPSA) is 79.2 Å². The number of fused-ring (bicyclic) bond motifs is 2. The molecule has 0 amide bonds. The van der Waals surface area contributed by atoms with Crippen molar-refractivity contribution in [3.05, 3.63) is 35.8 Å². The van der Waals surface area contributed by atoms with E-state index in [0.29, 0.717) is 5.92 Å². The summed E-state index contributed by atoms with van der Waals surface area (Å²) in [6, 6.07) is 2.04. The largest absolute Gasteiger partial charge is 0.353 e. The zero-order valence-corrected chi connectivity index (χ0v) is 18.3. The van der Waals surface area contributed by atoms with Crippen LogP contribution in [-0.4, -0.2) is 51.8 Å². The first-order valence-electron chi connectivity index (χ1n) is 11.2. The van der Waals surface area contributed by atoms with Crippen LogP contribution in [0.2, 0.25) is 0 Å². The Morgan fingerprint density at radius 2 is 1.90 bits per heavy atom. The van der Waals surface area contributed by atoms with Gasteiger partial charge in [-0.05, 0) is 37.3 Å². The number of nitrogens with one attached hydrogen (secondary N) is 1. The summed E-state index contributed by atoms with van der Waals surface area (Å²) in [5, 5.41) is 4.64. The van der Waals surface area contributed by atoms with Crippen LogP contribution < -0.4 is 10.2 Å². The molecule has 7 nitrogen and oxygen atoms in total. The molecule has 3 aromatic rings. The average Bonchev–Trinajstić information content (AvgIpc) is 3.60. The van der Waals surface area contributed by atoms with Gasteiger partial charge in [0.15, 0.2) is 11.6 Å². The molecule has 1 aliphatic carbocycles. The van der Waals surface area contributed by atoms with Crippen molar-refractivity contribution in [1.82, 2.24) is 25.3 Å². The highest BCUT2D eigenvalue weighted by atomic mass is 15.2. The number of hydrogen-bond acceptors (Lipinski definition) is 7. The fraction of sp³-hybridized carbons (Fsp3) is 0.458. The third-order valence-electron chi connectivity index (χ3n) is 7.03. The molecule has 0 unspecified atom stereocenters. The number of aliphatic imine (C=N–C) groups is 1. The van der Waals surface area contributed by atoms with Crippen molar-refractivity contribution in [1.29, 1.82) is 0 Å². The third kappa shape index (κ3) is 2.94. The van der Waals surface area contributed by atoms with E-state index in [-0.39, 0.29) is 5.41 Å². The van der Waals surface area contributed by atoms with E-state index < -0.39 is 0 Å². The summed E-state index contributed by atoms with van der Waals surface area (Å²) in [7, 11) is 0. The van der Waals surface area contributed by atoms with Crippen molar-refractivity contribution < 1.29 is 0 Å². The molecule has 1 saturated carbocycles. The Morgan fingerprint density at radius 1 is 1.10 bits per heavy atom. The molecule has 3 aliphatic rings. The Kier molecular flexibility index (Phi) is 4.12. The normalized spacial score (nSPS) is 20.1. The molecular weight excluding hydrogens is 386 g/mol. The highest BCUT2D eigenvalue weighted by Crippen LogP contribution is 2.46. The van der Waals surface area contributed by atoms with Crippen LogP contribution in [0.3, 0.4) is 0 Å². The molecule has 1 N–H and O–H groups in total. The van der Waals surface area contributed by atoms with E-state index in [1.165, 1.54) is 23.8 Å². The summed E-state index contributed by atoms with van der Waals surface area (Å²) in [6.45, 7) is 10.3. The number of rotatable bonds is 3. The van der Waals surface area contributed by atoms with E-state index in [1.54, 1.807) is 0 Å². The van der Waals surface area contributed by atoms with Crippen molar-refractivity contribution >= 4 is 28.3 Å². The van der Waals surface area contributed by atoms with Gasteiger partial charge in [0.25, 0.3) is 0 Å². The van der Waals surface area contributed by atoms with Gasteiger partial charge in [-0.2, -0.15) is 0 Å². The van der Waals surface area contributed by atoms with Crippen LogP contribution >= 0.6 is 0 Å². The summed E-state index contributed by atoms with van der Waals surface area (Å²) in [4.78, 5) is 26.5. The second-order valence-corrected chi connectivity index (χ2v) is 9.38. The lowest BCUT2D eigenvalue weighted by Gasteiger charge is -2.30. The zero-order chi connectivity index (χ0) is 21.2. The van der Waals surface area contributed by atoms with Crippen LogP contribution in [0.15, 0.2) is 29.6 Å². The van der Waals surface area contributed by atoms with Gasteiger partial charge in [0.1, 0.15) is 5.82 Å². The molecule has 0 bridgehead atoms. The van der Waals surface area contributed by atoms with Crippen molar-refractivity contribution in [3.8, 4) is 11.4 Å². The maximum Gasteiger partial charge on any atom is 0.162 e. The molecule has 0 spiro atoms. The van der Waals surface area contributed by atoms with E-state index in [0.717, 1.165) is 66.0 Å². The number of anilines is 1. The predicted octanol–water partition coefficient (Wildman–Crippen LogP) is 3.76. The second-order valence-electron chi connectivity index (χ2n) is 9.38. The average molecular weight is 414 g/mol. The Morgan fingerprint density at radius 3 is 2.68 bits per heavy atom. The van der Waals surface area contributed by atoms with Crippen molar-refractivity contribution in [2.24, 2.45) is 4.99 Å². The van der Waals surface area contributed by atoms with Crippen molar-refractivity contribution in [3.63, 3.8) is 0 Å². The van der Waals surface area contributed by atoms with E-state index in [2.05, 4.69) is 41.0 Å². The summed E-state index contributed by atoms with van der Waals surface area (Å²) < 4.78 is 0. The van der Waals surface area contributed by atoms with Gasteiger partial charge in [-0.3, -0.25) is 4.98 Å². The first-order valence-corrected chi connectivity index (χ1v) is 11.2. The molecule has 2 aliphatic heterocycles. The van der Waals surface area contributed by atoms with Gasteiger partial charge in [-0.15, -0.1) is 0 Å². The number of pyridine rings is 2. The Balaban J connectivity index is 1.60. The first-order chi connectivity index (χ1) is 15.0. The standard InChI is InChI=1S/C24H27N7/c1-14-24(2,3)20-16(6-7-27-22(20)28-14)21-29-18-13-26-12-17(15-4-5-15)19(18)23(30-21)31-10-8-25-9-11-31/h6-7,12-13,15,25H,4-5,8-11H2,1-3H3. The first kappa shape index (κ1) is 18.8. The molecule has 7 heteroatoms. The molecule has 31 heavy (non-hydrogen) atoms. The van der Waals surface area contributed by atoms with Gasteiger partial charge in [0.05, 0.1) is 11.7 Å². The second kappa shape index (κ2) is 6.79. The van der Waals surface area contributed by atoms with Gasteiger partial charge < -0.3 is 10.2 Å². The maximum atomic E-state index is 5.21. The van der Waals surface area contributed by atoms with E-state index >= 15 is 0 Å². The summed E-state index contributed by atoms with van der Waals surface area (Å²) in [5.74, 6) is 3.17. The minimum Gasteiger partial charge on any atom is -0.353 e. The van der Waals surface area contributed by atoms with Crippen LogP contribution in [0.4, 0.5) is 11.6 Å². The highest BCUT2D eigenvalue weighted by Gasteiger charge is 2.37. The van der Waals surface area contributed by atoms with Crippen LogP contribution in [-0.2, 0) is 5.41 Å². The van der Waals surface area contributed by atoms with Gasteiger partial charge in [0, 0.05) is 66.2 Å². The minimum absolute atomic E-state index is 0.194. The minimum atomic E-state index is -0.194. The molecule has 2 fully saturated rings. The number of aromatic nitrogens is 4. The van der Waals surface area contributed by atoms with E-state index in [9.17, 15) is 0 Å². The van der Waals surface area contributed by atoms with Gasteiger partial charge in [0.2, 0.25) is 0 Å². The smallest absolute Gasteiger partial charge is 0.162 e. The quantitative estimate of drug-likeness (QED) is 0.704. The monoisotopic (exact) mass is 413 g/mol. The lowest BCUT2D eigenvalue weighted by Crippen LogP contribution is -2.44. The fourth-order valence-corrected chi connectivity index (χ4v) is 4.84. The Labute approximate surface area is 182 Å². The molecule has 5 heterocycles. The number of nitrogens with zero attached hydrogens (tertiary/aromatic N) is 6. The number of hydrogen-bond donors (Lipinski definition) is 1. The molecule has 0 radical (unpaired) electrons. The van der Waals surface area contributed by atoms with Gasteiger partial charge in [-0.1, -0.05) is 13.8 Å².